The highest BCUT2D eigenvalue weighted by molar-refractivity contribution is 5.92. The maximum Gasteiger partial charge on any atom is 0.269 e. The number of aromatic nitrogens is 3. The standard InChI is InChI=1S/C21H25N5O2/c1-14-12-19(25(2)24-14)21(27)22-16-8-10-26(11-9-16)20-7-4-15-13-17(28-3)5-6-18(15)23-20/h4-7,12-13,16H,8-11H2,1-3H3,(H,22,27). The molecule has 1 amide bonds. The summed E-state index contributed by atoms with van der Waals surface area (Å²) in [6.07, 6.45) is 1.79. The topological polar surface area (TPSA) is 72.3 Å². The molecule has 7 heteroatoms. The fourth-order valence-electron chi connectivity index (χ4n) is 3.73. The lowest BCUT2D eigenvalue weighted by atomic mass is 10.0. The molecule has 4 rings (SSSR count). The van der Waals surface area contributed by atoms with Crippen molar-refractivity contribution >= 4 is 22.6 Å². The lowest BCUT2D eigenvalue weighted by Gasteiger charge is -2.33. The zero-order valence-corrected chi connectivity index (χ0v) is 16.5. The number of fused-ring (bicyclic) bond motifs is 1. The van der Waals surface area contributed by atoms with Crippen molar-refractivity contribution in [2.75, 3.05) is 25.1 Å². The average molecular weight is 379 g/mol. The van der Waals surface area contributed by atoms with Crippen LogP contribution in [0.5, 0.6) is 5.75 Å². The molecule has 0 atom stereocenters. The molecule has 1 aromatic carbocycles. The average Bonchev–Trinajstić information content (AvgIpc) is 3.06. The minimum atomic E-state index is -0.0562. The van der Waals surface area contributed by atoms with Gasteiger partial charge in [0.25, 0.3) is 5.91 Å². The second-order valence-corrected chi connectivity index (χ2v) is 7.26. The summed E-state index contributed by atoms with van der Waals surface area (Å²) in [5, 5.41) is 8.45. The number of anilines is 1. The van der Waals surface area contributed by atoms with Crippen LogP contribution in [0.15, 0.2) is 36.4 Å². The normalized spacial score (nSPS) is 15.0. The molecule has 0 radical (unpaired) electrons. The molecule has 1 aliphatic rings. The van der Waals surface area contributed by atoms with E-state index in [2.05, 4.69) is 27.4 Å². The Balaban J connectivity index is 1.39. The van der Waals surface area contributed by atoms with Crippen LogP contribution in [0.25, 0.3) is 10.9 Å². The summed E-state index contributed by atoms with van der Waals surface area (Å²) < 4.78 is 6.91. The van der Waals surface area contributed by atoms with E-state index in [9.17, 15) is 4.79 Å². The van der Waals surface area contributed by atoms with Gasteiger partial charge in [-0.3, -0.25) is 9.48 Å². The molecule has 0 bridgehead atoms. The molecular weight excluding hydrogens is 354 g/mol. The van der Waals surface area contributed by atoms with Crippen LogP contribution in [-0.4, -0.2) is 46.9 Å². The van der Waals surface area contributed by atoms with Crippen LogP contribution >= 0.6 is 0 Å². The maximum atomic E-state index is 12.5. The van der Waals surface area contributed by atoms with E-state index in [0.717, 1.165) is 54.1 Å². The van der Waals surface area contributed by atoms with E-state index in [-0.39, 0.29) is 11.9 Å². The van der Waals surface area contributed by atoms with Crippen molar-refractivity contribution in [1.29, 1.82) is 0 Å². The summed E-state index contributed by atoms with van der Waals surface area (Å²) >= 11 is 0. The molecule has 7 nitrogen and oxygen atoms in total. The highest BCUT2D eigenvalue weighted by Gasteiger charge is 2.23. The van der Waals surface area contributed by atoms with Crippen LogP contribution < -0.4 is 15.0 Å². The van der Waals surface area contributed by atoms with Gasteiger partial charge in [-0.05, 0) is 56.2 Å². The summed E-state index contributed by atoms with van der Waals surface area (Å²) in [7, 11) is 3.47. The Morgan fingerprint density at radius 3 is 2.64 bits per heavy atom. The van der Waals surface area contributed by atoms with Gasteiger partial charge < -0.3 is 15.0 Å². The number of aryl methyl sites for hydroxylation is 2. The van der Waals surface area contributed by atoms with Crippen LogP contribution in [0.2, 0.25) is 0 Å². The molecule has 28 heavy (non-hydrogen) atoms. The number of benzene rings is 1. The molecule has 146 valence electrons. The predicted octanol–water partition coefficient (Wildman–Crippen LogP) is 2.68. The Hall–Kier alpha value is -3.09. The SMILES string of the molecule is COc1ccc2nc(N3CCC(NC(=O)c4cc(C)nn4C)CC3)ccc2c1. The van der Waals surface area contributed by atoms with Crippen molar-refractivity contribution in [3.05, 3.63) is 47.8 Å². The number of methoxy groups -OCH3 is 1. The van der Waals surface area contributed by atoms with Crippen molar-refractivity contribution in [2.45, 2.75) is 25.8 Å². The number of nitrogens with zero attached hydrogens (tertiary/aromatic N) is 4. The van der Waals surface area contributed by atoms with E-state index >= 15 is 0 Å². The van der Waals surface area contributed by atoms with E-state index in [0.29, 0.717) is 5.69 Å². The summed E-state index contributed by atoms with van der Waals surface area (Å²) in [5.74, 6) is 1.76. The molecule has 0 unspecified atom stereocenters. The molecule has 0 aliphatic carbocycles. The van der Waals surface area contributed by atoms with Crippen molar-refractivity contribution in [1.82, 2.24) is 20.1 Å². The van der Waals surface area contributed by atoms with Gasteiger partial charge in [0.2, 0.25) is 0 Å². The molecular formula is C21H25N5O2. The lowest BCUT2D eigenvalue weighted by Crippen LogP contribution is -2.45. The van der Waals surface area contributed by atoms with E-state index < -0.39 is 0 Å². The zero-order valence-electron chi connectivity index (χ0n) is 16.5. The Morgan fingerprint density at radius 2 is 1.96 bits per heavy atom. The van der Waals surface area contributed by atoms with E-state index in [1.54, 1.807) is 18.8 Å². The fourth-order valence-corrected chi connectivity index (χ4v) is 3.73. The van der Waals surface area contributed by atoms with E-state index in [1.165, 1.54) is 0 Å². The number of rotatable bonds is 4. The van der Waals surface area contributed by atoms with Gasteiger partial charge in [-0.1, -0.05) is 0 Å². The third kappa shape index (κ3) is 3.65. The van der Waals surface area contributed by atoms with Crippen molar-refractivity contribution < 1.29 is 9.53 Å². The first-order valence-electron chi connectivity index (χ1n) is 9.55. The predicted molar refractivity (Wildman–Crippen MR) is 109 cm³/mol. The second kappa shape index (κ2) is 7.50. The summed E-state index contributed by atoms with van der Waals surface area (Å²) in [6, 6.07) is 12.0. The molecule has 1 aliphatic heterocycles. The maximum absolute atomic E-state index is 12.5. The number of piperidine rings is 1. The summed E-state index contributed by atoms with van der Waals surface area (Å²) in [5.41, 5.74) is 2.41. The smallest absolute Gasteiger partial charge is 0.269 e. The molecule has 0 spiro atoms. The Labute approximate surface area is 164 Å². The van der Waals surface area contributed by atoms with E-state index in [1.807, 2.05) is 31.2 Å². The van der Waals surface area contributed by atoms with Gasteiger partial charge in [-0.25, -0.2) is 4.98 Å². The first-order valence-corrected chi connectivity index (χ1v) is 9.55. The number of nitrogens with one attached hydrogen (secondary N) is 1. The minimum absolute atomic E-state index is 0.0562. The number of carbonyl (C=O) groups excluding carboxylic acids is 1. The van der Waals surface area contributed by atoms with Gasteiger partial charge in [-0.15, -0.1) is 0 Å². The Morgan fingerprint density at radius 1 is 1.18 bits per heavy atom. The Bertz CT molecular complexity index is 1010. The number of pyridine rings is 1. The number of amides is 1. The molecule has 1 fully saturated rings. The van der Waals surface area contributed by atoms with Gasteiger partial charge in [0, 0.05) is 31.6 Å². The number of ether oxygens (including phenoxy) is 1. The molecule has 3 heterocycles. The van der Waals surface area contributed by atoms with Crippen molar-refractivity contribution in [2.24, 2.45) is 7.05 Å². The first kappa shape index (κ1) is 18.3. The number of hydrogen-bond donors (Lipinski definition) is 1. The van der Waals surface area contributed by atoms with Crippen molar-refractivity contribution in [3.8, 4) is 5.75 Å². The molecule has 0 saturated carbocycles. The second-order valence-electron chi connectivity index (χ2n) is 7.26. The van der Waals surface area contributed by atoms with Gasteiger partial charge >= 0.3 is 0 Å². The van der Waals surface area contributed by atoms with Gasteiger partial charge in [0.15, 0.2) is 0 Å². The van der Waals surface area contributed by atoms with Gasteiger partial charge in [-0.2, -0.15) is 5.10 Å². The fraction of sp³-hybridized carbons (Fsp3) is 0.381. The van der Waals surface area contributed by atoms with Crippen LogP contribution in [-0.2, 0) is 7.05 Å². The van der Waals surface area contributed by atoms with Crippen LogP contribution in [0.3, 0.4) is 0 Å². The molecule has 3 aromatic rings. The van der Waals surface area contributed by atoms with Gasteiger partial charge in [0.05, 0.1) is 18.3 Å². The number of carbonyl (C=O) groups is 1. The van der Waals surface area contributed by atoms with Crippen LogP contribution in [0, 0.1) is 6.92 Å². The Kier molecular flexibility index (Phi) is 4.90. The monoisotopic (exact) mass is 379 g/mol. The third-order valence-corrected chi connectivity index (χ3v) is 5.27. The van der Waals surface area contributed by atoms with Crippen molar-refractivity contribution in [3.63, 3.8) is 0 Å². The first-order chi connectivity index (χ1) is 13.5. The molecule has 1 saturated heterocycles. The van der Waals surface area contributed by atoms with Crippen LogP contribution in [0.4, 0.5) is 5.82 Å². The largest absolute Gasteiger partial charge is 0.497 e. The highest BCUT2D eigenvalue weighted by Crippen LogP contribution is 2.24. The quantitative estimate of drug-likeness (QED) is 0.755. The number of hydrogen-bond acceptors (Lipinski definition) is 5. The zero-order chi connectivity index (χ0) is 19.7. The highest BCUT2D eigenvalue weighted by atomic mass is 16.5. The summed E-state index contributed by atoms with van der Waals surface area (Å²) in [6.45, 7) is 3.62. The van der Waals surface area contributed by atoms with Gasteiger partial charge in [0.1, 0.15) is 17.3 Å². The third-order valence-electron chi connectivity index (χ3n) is 5.27. The lowest BCUT2D eigenvalue weighted by molar-refractivity contribution is 0.0921. The van der Waals surface area contributed by atoms with E-state index in [4.69, 9.17) is 9.72 Å². The molecule has 1 N–H and O–H groups in total. The summed E-state index contributed by atoms with van der Waals surface area (Å²) in [4.78, 5) is 19.6. The molecule has 2 aromatic heterocycles. The van der Waals surface area contributed by atoms with Crippen LogP contribution in [0.1, 0.15) is 29.0 Å². The minimum Gasteiger partial charge on any atom is -0.497 e.